The number of hydrogen-bond acceptors (Lipinski definition) is 20. The number of carbonyl (C=O) groups is 2. The number of nitro groups is 2. The number of nitrogens with zero attached hydrogens (tertiary/aromatic N) is 9. The Balaban J connectivity index is 0.000000235. The molecule has 0 unspecified atom stereocenters. The molecule has 6 rings (SSSR count). The van der Waals surface area contributed by atoms with Gasteiger partial charge in [-0.05, 0) is 43.4 Å². The minimum atomic E-state index is -0.674. The zero-order chi connectivity index (χ0) is 45.9. The summed E-state index contributed by atoms with van der Waals surface area (Å²) in [5.41, 5.74) is 13.9. The minimum Gasteiger partial charge on any atom is -0.492 e. The average Bonchev–Trinajstić information content (AvgIpc) is 3.29. The van der Waals surface area contributed by atoms with Gasteiger partial charge in [0, 0.05) is 37.1 Å². The van der Waals surface area contributed by atoms with Crippen LogP contribution in [0.2, 0.25) is 5.02 Å². The van der Waals surface area contributed by atoms with Crippen molar-refractivity contribution in [2.24, 2.45) is 0 Å². The third kappa shape index (κ3) is 13.7. The van der Waals surface area contributed by atoms with E-state index in [2.05, 4.69) is 44.7 Å². The van der Waals surface area contributed by atoms with Gasteiger partial charge in [0.25, 0.3) is 0 Å². The maximum absolute atomic E-state index is 11.8. The number of aromatic nitrogens is 6. The number of rotatable bonds is 15. The molecule has 0 aliphatic carbocycles. The lowest BCUT2D eigenvalue weighted by molar-refractivity contribution is -0.385. The first-order chi connectivity index (χ1) is 30.3. The van der Waals surface area contributed by atoms with Crippen LogP contribution in [0.4, 0.5) is 28.7 Å². The Bertz CT molecular complexity index is 2530. The van der Waals surface area contributed by atoms with Gasteiger partial charge in [0.2, 0.25) is 0 Å². The molecule has 4 aromatic heterocycles. The van der Waals surface area contributed by atoms with Crippen LogP contribution in [0.3, 0.4) is 0 Å². The number of pyridine rings is 2. The molecular formula is C40H41ClN12O10. The standard InChI is InChI=1S/C20H20N6O5.C15H18N4O3.C5H3ClN2O2/c1-25(16-6-7-22-12-17(16)26(28)29)8-9-31-14-5-3-4-13(10-14)15-11-23-19(21)18(24-15)20(27)30-2;1-17-6-7-22-11-5-3-4-10(8-11)12-9-18-14(16)13(19-12)15(20)21-2;6-4-1-2-7-3-5(4)8(9)10/h3-7,10-12H,8-9H2,1-2H3,(H2,21,23);3-5,8-9,17H,6-7H2,1-2H3,(H2,16,18);1-3H. The highest BCUT2D eigenvalue weighted by atomic mass is 35.5. The second-order valence-corrected chi connectivity index (χ2v) is 12.9. The van der Waals surface area contributed by atoms with Crippen LogP contribution in [0.15, 0.2) is 97.8 Å². The number of nitrogens with two attached hydrogens (primary N) is 2. The topological polar surface area (TPSA) is 302 Å². The van der Waals surface area contributed by atoms with E-state index in [4.69, 9.17) is 32.5 Å². The lowest BCUT2D eigenvalue weighted by Crippen LogP contribution is -2.24. The van der Waals surface area contributed by atoms with Crippen LogP contribution in [-0.4, -0.2) is 106 Å². The molecule has 2 aromatic carbocycles. The fraction of sp³-hybridized carbons (Fsp3) is 0.200. The number of carbonyl (C=O) groups excluding carboxylic acids is 2. The number of likely N-dealkylation sites (N-methyl/N-ethyl adjacent to an activating group) is 2. The quantitative estimate of drug-likeness (QED) is 0.0524. The number of nitrogen functional groups attached to an aromatic ring is 2. The van der Waals surface area contributed by atoms with Crippen LogP contribution in [0.1, 0.15) is 21.0 Å². The van der Waals surface area contributed by atoms with E-state index >= 15 is 0 Å². The van der Waals surface area contributed by atoms with Gasteiger partial charge in [0.15, 0.2) is 23.0 Å². The molecule has 0 aliphatic heterocycles. The van der Waals surface area contributed by atoms with Crippen molar-refractivity contribution in [3.05, 3.63) is 134 Å². The average molecular weight is 885 g/mol. The molecule has 0 spiro atoms. The number of benzene rings is 2. The van der Waals surface area contributed by atoms with Gasteiger partial charge in [-0.15, -0.1) is 0 Å². The second kappa shape index (κ2) is 23.6. The Morgan fingerprint density at radius 3 is 1.70 bits per heavy atom. The van der Waals surface area contributed by atoms with Gasteiger partial charge in [-0.25, -0.2) is 29.5 Å². The van der Waals surface area contributed by atoms with Crippen molar-refractivity contribution in [2.75, 3.05) is 71.0 Å². The molecular weight excluding hydrogens is 844 g/mol. The summed E-state index contributed by atoms with van der Waals surface area (Å²) in [7, 11) is 6.10. The molecule has 328 valence electrons. The normalized spacial score (nSPS) is 10.2. The molecule has 0 bridgehead atoms. The second-order valence-electron chi connectivity index (χ2n) is 12.4. The predicted octanol–water partition coefficient (Wildman–Crippen LogP) is 5.08. The monoisotopic (exact) mass is 884 g/mol. The zero-order valence-electron chi connectivity index (χ0n) is 34.2. The maximum atomic E-state index is 11.8. The number of anilines is 3. The van der Waals surface area contributed by atoms with Gasteiger partial charge in [-0.2, -0.15) is 0 Å². The van der Waals surface area contributed by atoms with E-state index in [-0.39, 0.29) is 46.0 Å². The fourth-order valence-electron chi connectivity index (χ4n) is 5.10. The van der Waals surface area contributed by atoms with Crippen molar-refractivity contribution in [1.82, 2.24) is 35.2 Å². The van der Waals surface area contributed by atoms with Crippen LogP contribution in [0, 0.1) is 20.2 Å². The minimum absolute atomic E-state index is 0.00139. The van der Waals surface area contributed by atoms with E-state index in [1.165, 1.54) is 51.3 Å². The van der Waals surface area contributed by atoms with Gasteiger partial charge in [0.1, 0.15) is 47.8 Å². The number of methoxy groups -OCH3 is 2. The maximum Gasteiger partial charge on any atom is 0.360 e. The molecule has 0 aliphatic rings. The molecule has 4 heterocycles. The Hall–Kier alpha value is -8.11. The number of ether oxygens (including phenoxy) is 4. The highest BCUT2D eigenvalue weighted by Crippen LogP contribution is 2.27. The van der Waals surface area contributed by atoms with Crippen LogP contribution in [0.5, 0.6) is 11.5 Å². The van der Waals surface area contributed by atoms with Crippen LogP contribution < -0.4 is 31.2 Å². The number of hydrogen-bond donors (Lipinski definition) is 3. The smallest absolute Gasteiger partial charge is 0.360 e. The molecule has 5 N–H and O–H groups in total. The fourth-order valence-corrected chi connectivity index (χ4v) is 5.27. The molecule has 0 saturated heterocycles. The van der Waals surface area contributed by atoms with Crippen molar-refractivity contribution >= 4 is 52.2 Å². The van der Waals surface area contributed by atoms with Crippen molar-refractivity contribution in [3.8, 4) is 34.0 Å². The zero-order valence-corrected chi connectivity index (χ0v) is 35.0. The van der Waals surface area contributed by atoms with Crippen molar-refractivity contribution in [2.45, 2.75) is 0 Å². The summed E-state index contributed by atoms with van der Waals surface area (Å²) in [6.07, 6.45) is 8.19. The van der Waals surface area contributed by atoms with Crippen molar-refractivity contribution < 1.29 is 38.4 Å². The summed E-state index contributed by atoms with van der Waals surface area (Å²) in [4.78, 5) is 69.1. The van der Waals surface area contributed by atoms with E-state index in [1.807, 2.05) is 31.3 Å². The highest BCUT2D eigenvalue weighted by molar-refractivity contribution is 6.32. The van der Waals surface area contributed by atoms with Crippen LogP contribution in [-0.2, 0) is 9.47 Å². The highest BCUT2D eigenvalue weighted by Gasteiger charge is 2.18. The number of halogens is 1. The molecule has 0 saturated carbocycles. The SMILES string of the molecule is CNCCOc1cccc(-c2cnc(N)c(C(=O)OC)n2)c1.COC(=O)c1nc(-c2cccc(OCCN(C)c3ccncc3[N+](=O)[O-])c2)cnc1N.O=[N+]([O-])c1cnccc1Cl. The van der Waals surface area contributed by atoms with Gasteiger partial charge >= 0.3 is 23.3 Å². The lowest BCUT2D eigenvalue weighted by Gasteiger charge is -2.19. The molecule has 23 heteroatoms. The first kappa shape index (κ1) is 47.6. The lowest BCUT2D eigenvalue weighted by atomic mass is 10.1. The van der Waals surface area contributed by atoms with Gasteiger partial charge in [0.05, 0.1) is 54.4 Å². The number of nitrogens with one attached hydrogen (secondary N) is 1. The van der Waals surface area contributed by atoms with Crippen molar-refractivity contribution in [3.63, 3.8) is 0 Å². The largest absolute Gasteiger partial charge is 0.492 e. The van der Waals surface area contributed by atoms with E-state index in [1.54, 1.807) is 42.3 Å². The summed E-state index contributed by atoms with van der Waals surface area (Å²) in [5, 5.41) is 24.4. The third-order valence-electron chi connectivity index (χ3n) is 8.27. The Labute approximate surface area is 364 Å². The van der Waals surface area contributed by atoms with Crippen LogP contribution in [0.25, 0.3) is 22.5 Å². The summed E-state index contributed by atoms with van der Waals surface area (Å²) in [6.45, 7) is 1.99. The van der Waals surface area contributed by atoms with E-state index in [0.29, 0.717) is 47.3 Å². The van der Waals surface area contributed by atoms with Gasteiger partial charge in [-0.3, -0.25) is 30.2 Å². The van der Waals surface area contributed by atoms with E-state index in [0.717, 1.165) is 18.3 Å². The predicted molar refractivity (Wildman–Crippen MR) is 231 cm³/mol. The molecule has 0 amide bonds. The van der Waals surface area contributed by atoms with Crippen molar-refractivity contribution in [1.29, 1.82) is 0 Å². The number of esters is 2. The Morgan fingerprint density at radius 1 is 0.746 bits per heavy atom. The first-order valence-electron chi connectivity index (χ1n) is 18.3. The Morgan fingerprint density at radius 2 is 1.24 bits per heavy atom. The summed E-state index contributed by atoms with van der Waals surface area (Å²) >= 11 is 5.44. The van der Waals surface area contributed by atoms with Gasteiger partial charge in [-0.1, -0.05) is 35.9 Å². The molecule has 0 radical (unpaired) electrons. The summed E-state index contributed by atoms with van der Waals surface area (Å²) in [5.74, 6) is 0.00779. The molecule has 63 heavy (non-hydrogen) atoms. The molecule has 0 fully saturated rings. The molecule has 22 nitrogen and oxygen atoms in total. The van der Waals surface area contributed by atoms with E-state index in [9.17, 15) is 29.8 Å². The van der Waals surface area contributed by atoms with Gasteiger partial charge < -0.3 is 40.6 Å². The molecule has 6 aromatic rings. The van der Waals surface area contributed by atoms with E-state index < -0.39 is 21.8 Å². The van der Waals surface area contributed by atoms with Crippen LogP contribution >= 0.6 is 11.6 Å². The summed E-state index contributed by atoms with van der Waals surface area (Å²) < 4.78 is 20.7. The molecule has 0 atom stereocenters. The third-order valence-corrected chi connectivity index (χ3v) is 8.59. The Kier molecular flexibility index (Phi) is 17.8. The summed E-state index contributed by atoms with van der Waals surface area (Å²) in [6, 6.07) is 17.4. The first-order valence-corrected chi connectivity index (χ1v) is 18.7.